The molecule has 9 heavy (non-hydrogen) atoms. The van der Waals surface area contributed by atoms with Gasteiger partial charge >= 0.3 is 0 Å². The van der Waals surface area contributed by atoms with Gasteiger partial charge in [0.1, 0.15) is 0 Å². The zero-order valence-electron chi connectivity index (χ0n) is 5.69. The Bertz CT molecular complexity index is 119. The number of nitrogens with two attached hydrogens (primary N) is 1. The monoisotopic (exact) mass is 123 g/mol. The molecule has 0 bridgehead atoms. The Morgan fingerprint density at radius 1 is 1.67 bits per heavy atom. The number of unbranched alkanes of at least 4 members (excludes halogenated alkanes) is 1. The van der Waals surface area contributed by atoms with Crippen molar-refractivity contribution in [3.05, 3.63) is 12.2 Å². The molecular formula is C8H13N. The van der Waals surface area contributed by atoms with Gasteiger partial charge in [0.2, 0.25) is 0 Å². The van der Waals surface area contributed by atoms with Gasteiger partial charge in [-0.25, -0.2) is 0 Å². The first kappa shape index (κ1) is 8.26. The minimum absolute atomic E-state index is 0.588. The zero-order chi connectivity index (χ0) is 7.11. The lowest BCUT2D eigenvalue weighted by Gasteiger charge is -1.97. The van der Waals surface area contributed by atoms with Crippen LogP contribution >= 0.6 is 0 Å². The summed E-state index contributed by atoms with van der Waals surface area (Å²) in [5.74, 6) is 2.57. The van der Waals surface area contributed by atoms with Gasteiger partial charge in [-0.15, -0.1) is 12.3 Å². The maximum atomic E-state index is 5.30. The van der Waals surface area contributed by atoms with Crippen LogP contribution in [0, 0.1) is 12.3 Å². The van der Waals surface area contributed by atoms with Crippen molar-refractivity contribution < 1.29 is 0 Å². The Kier molecular flexibility index (Phi) is 4.95. The molecule has 0 fully saturated rings. The molecular weight excluding hydrogens is 110 g/mol. The molecule has 0 aromatic heterocycles. The molecule has 0 aliphatic rings. The Labute approximate surface area is 56.9 Å². The Balaban J connectivity index is 3.09. The van der Waals surface area contributed by atoms with Crippen LogP contribution in [0.5, 0.6) is 0 Å². The third-order valence-electron chi connectivity index (χ3n) is 1.14. The van der Waals surface area contributed by atoms with Gasteiger partial charge in [-0.05, 0) is 12.8 Å². The minimum Gasteiger partial charge on any atom is -0.327 e. The van der Waals surface area contributed by atoms with E-state index in [9.17, 15) is 0 Å². The molecule has 0 saturated heterocycles. The standard InChI is InChI=1S/C8H13N/c1-3-4-5-6-8(2)7-9/h1H,2,4-7,9H2. The average Bonchev–Trinajstić information content (AvgIpc) is 1.89. The van der Waals surface area contributed by atoms with Gasteiger partial charge in [0, 0.05) is 13.0 Å². The predicted molar refractivity (Wildman–Crippen MR) is 40.9 cm³/mol. The SMILES string of the molecule is C#CCCCC(=C)CN. The lowest BCUT2D eigenvalue weighted by molar-refractivity contribution is 0.829. The van der Waals surface area contributed by atoms with E-state index < -0.39 is 0 Å². The summed E-state index contributed by atoms with van der Waals surface area (Å²) in [7, 11) is 0. The van der Waals surface area contributed by atoms with Gasteiger partial charge in [-0.3, -0.25) is 0 Å². The fourth-order valence-electron chi connectivity index (χ4n) is 0.543. The normalized spacial score (nSPS) is 8.44. The van der Waals surface area contributed by atoms with E-state index in [2.05, 4.69) is 12.5 Å². The molecule has 2 N–H and O–H groups in total. The number of terminal acetylenes is 1. The van der Waals surface area contributed by atoms with Crippen LogP contribution in [0.25, 0.3) is 0 Å². The summed E-state index contributed by atoms with van der Waals surface area (Å²) in [6, 6.07) is 0. The van der Waals surface area contributed by atoms with Gasteiger partial charge in [-0.2, -0.15) is 0 Å². The van der Waals surface area contributed by atoms with Crippen LogP contribution in [0.3, 0.4) is 0 Å². The van der Waals surface area contributed by atoms with Crippen LogP contribution in [0.15, 0.2) is 12.2 Å². The molecule has 1 heteroatoms. The van der Waals surface area contributed by atoms with Gasteiger partial charge in [0.25, 0.3) is 0 Å². The summed E-state index contributed by atoms with van der Waals surface area (Å²) < 4.78 is 0. The van der Waals surface area contributed by atoms with E-state index in [1.54, 1.807) is 0 Å². The van der Waals surface area contributed by atoms with Crippen molar-refractivity contribution in [3.63, 3.8) is 0 Å². The summed E-state index contributed by atoms with van der Waals surface area (Å²) in [5, 5.41) is 0. The van der Waals surface area contributed by atoms with Crippen molar-refractivity contribution in [1.82, 2.24) is 0 Å². The molecule has 0 unspecified atom stereocenters. The maximum absolute atomic E-state index is 5.30. The second kappa shape index (κ2) is 5.40. The van der Waals surface area contributed by atoms with E-state index in [1.165, 1.54) is 0 Å². The van der Waals surface area contributed by atoms with Crippen molar-refractivity contribution in [1.29, 1.82) is 0 Å². The summed E-state index contributed by atoms with van der Waals surface area (Å²) in [6.45, 7) is 4.34. The Hall–Kier alpha value is -0.740. The Morgan fingerprint density at radius 2 is 2.33 bits per heavy atom. The second-order valence-electron chi connectivity index (χ2n) is 2.01. The summed E-state index contributed by atoms with van der Waals surface area (Å²) in [5.41, 5.74) is 6.39. The quantitative estimate of drug-likeness (QED) is 0.340. The highest BCUT2D eigenvalue weighted by Gasteiger charge is 1.88. The predicted octanol–water partition coefficient (Wildman–Crippen LogP) is 1.30. The van der Waals surface area contributed by atoms with E-state index in [1.807, 2.05) is 0 Å². The fourth-order valence-corrected chi connectivity index (χ4v) is 0.543. The molecule has 0 radical (unpaired) electrons. The van der Waals surface area contributed by atoms with Crippen LogP contribution < -0.4 is 5.73 Å². The van der Waals surface area contributed by atoms with Gasteiger partial charge < -0.3 is 5.73 Å². The topological polar surface area (TPSA) is 26.0 Å². The first-order chi connectivity index (χ1) is 4.31. The molecule has 0 heterocycles. The van der Waals surface area contributed by atoms with E-state index in [-0.39, 0.29) is 0 Å². The lowest BCUT2D eigenvalue weighted by Crippen LogP contribution is -2.01. The highest BCUT2D eigenvalue weighted by Crippen LogP contribution is 2.01. The van der Waals surface area contributed by atoms with E-state index in [4.69, 9.17) is 12.2 Å². The number of rotatable bonds is 4. The summed E-state index contributed by atoms with van der Waals surface area (Å²) >= 11 is 0. The zero-order valence-corrected chi connectivity index (χ0v) is 5.69. The van der Waals surface area contributed by atoms with Crippen LogP contribution in [-0.4, -0.2) is 6.54 Å². The Morgan fingerprint density at radius 3 is 2.78 bits per heavy atom. The van der Waals surface area contributed by atoms with Gasteiger partial charge in [0.05, 0.1) is 0 Å². The van der Waals surface area contributed by atoms with Crippen molar-refractivity contribution in [2.75, 3.05) is 6.54 Å². The lowest BCUT2D eigenvalue weighted by atomic mass is 10.1. The molecule has 0 aromatic carbocycles. The smallest absolute Gasteiger partial charge is 0.0134 e. The van der Waals surface area contributed by atoms with Crippen molar-refractivity contribution >= 4 is 0 Å². The third kappa shape index (κ3) is 5.13. The molecule has 0 amide bonds. The minimum atomic E-state index is 0.588. The summed E-state index contributed by atoms with van der Waals surface area (Å²) in [4.78, 5) is 0. The molecule has 0 saturated carbocycles. The molecule has 0 atom stereocenters. The fraction of sp³-hybridized carbons (Fsp3) is 0.500. The van der Waals surface area contributed by atoms with Crippen LogP contribution in [-0.2, 0) is 0 Å². The van der Waals surface area contributed by atoms with Crippen LogP contribution in [0.2, 0.25) is 0 Å². The van der Waals surface area contributed by atoms with Crippen molar-refractivity contribution in [3.8, 4) is 12.3 Å². The summed E-state index contributed by atoms with van der Waals surface area (Å²) in [6.07, 6.45) is 7.87. The van der Waals surface area contributed by atoms with Crippen LogP contribution in [0.1, 0.15) is 19.3 Å². The molecule has 1 nitrogen and oxygen atoms in total. The highest BCUT2D eigenvalue weighted by molar-refractivity contribution is 4.96. The molecule has 50 valence electrons. The highest BCUT2D eigenvalue weighted by atomic mass is 14.5. The van der Waals surface area contributed by atoms with Gasteiger partial charge in [-0.1, -0.05) is 12.2 Å². The first-order valence-corrected chi connectivity index (χ1v) is 3.11. The van der Waals surface area contributed by atoms with Gasteiger partial charge in [0.15, 0.2) is 0 Å². The number of hydrogen-bond acceptors (Lipinski definition) is 1. The second-order valence-corrected chi connectivity index (χ2v) is 2.01. The van der Waals surface area contributed by atoms with E-state index in [0.29, 0.717) is 6.54 Å². The molecule has 0 aliphatic heterocycles. The average molecular weight is 123 g/mol. The van der Waals surface area contributed by atoms with Crippen molar-refractivity contribution in [2.45, 2.75) is 19.3 Å². The molecule has 0 aromatic rings. The van der Waals surface area contributed by atoms with E-state index in [0.717, 1.165) is 24.8 Å². The van der Waals surface area contributed by atoms with Crippen LogP contribution in [0.4, 0.5) is 0 Å². The largest absolute Gasteiger partial charge is 0.327 e. The molecule has 0 aliphatic carbocycles. The van der Waals surface area contributed by atoms with E-state index >= 15 is 0 Å². The maximum Gasteiger partial charge on any atom is 0.0134 e. The molecule has 0 rings (SSSR count). The first-order valence-electron chi connectivity index (χ1n) is 3.11. The van der Waals surface area contributed by atoms with Crippen molar-refractivity contribution in [2.24, 2.45) is 5.73 Å². The molecule has 0 spiro atoms. The third-order valence-corrected chi connectivity index (χ3v) is 1.14. The number of hydrogen-bond donors (Lipinski definition) is 1.